The molecule has 37 heavy (non-hydrogen) atoms. The first-order valence-electron chi connectivity index (χ1n) is 12.8. The van der Waals surface area contributed by atoms with Crippen molar-refractivity contribution in [3.63, 3.8) is 0 Å². The van der Waals surface area contributed by atoms with Gasteiger partial charge in [0.05, 0.1) is 30.9 Å². The van der Waals surface area contributed by atoms with Crippen LogP contribution in [0.2, 0.25) is 0 Å². The van der Waals surface area contributed by atoms with Crippen molar-refractivity contribution in [1.29, 1.82) is 0 Å². The van der Waals surface area contributed by atoms with Crippen LogP contribution in [-0.2, 0) is 24.4 Å². The van der Waals surface area contributed by atoms with Crippen molar-refractivity contribution in [2.75, 3.05) is 39.5 Å². The predicted molar refractivity (Wildman–Crippen MR) is 137 cm³/mol. The second kappa shape index (κ2) is 11.4. The SMILES string of the molecule is CN[C@@H](C)C(=O)NC[C@H]1CN(S(C)(=O)=O)CC[C@H]2CC[C@@H](C(=O)N[C@@H]3CCOc4ccccc43)N2C1=O. The Labute approximate surface area is 218 Å². The quantitative estimate of drug-likeness (QED) is 0.447. The molecule has 0 saturated carbocycles. The lowest BCUT2D eigenvalue weighted by atomic mass is 9.99. The minimum atomic E-state index is -3.54. The molecule has 4 rings (SSSR count). The normalized spacial score (nSPS) is 27.2. The fourth-order valence-corrected chi connectivity index (χ4v) is 6.29. The van der Waals surface area contributed by atoms with Gasteiger partial charge in [-0.3, -0.25) is 14.4 Å². The van der Waals surface area contributed by atoms with E-state index in [-0.39, 0.29) is 49.4 Å². The highest BCUT2D eigenvalue weighted by Crippen LogP contribution is 2.34. The molecule has 0 aliphatic carbocycles. The molecule has 204 valence electrons. The van der Waals surface area contributed by atoms with Gasteiger partial charge in [-0.15, -0.1) is 0 Å². The van der Waals surface area contributed by atoms with E-state index in [0.29, 0.717) is 32.3 Å². The molecule has 5 atom stereocenters. The standard InChI is InChI=1S/C25H37N5O6S/c1-16(26-2)23(31)27-14-17-15-29(37(3,34)35)12-10-18-8-9-21(30(18)25(17)33)24(32)28-20-11-13-36-22-7-5-4-6-19(20)22/h4-7,16-18,20-21,26H,8-15H2,1-3H3,(H,27,31)(H,28,32)/t16-,17-,18+,20+,21-/m0/s1. The second-order valence-corrected chi connectivity index (χ2v) is 12.1. The molecule has 2 fully saturated rings. The topological polar surface area (TPSA) is 137 Å². The molecule has 0 radical (unpaired) electrons. The van der Waals surface area contributed by atoms with Crippen molar-refractivity contribution in [3.8, 4) is 5.75 Å². The number of carbonyl (C=O) groups is 3. The number of carbonyl (C=O) groups excluding carboxylic acids is 3. The minimum Gasteiger partial charge on any atom is -0.493 e. The number of hydrogen-bond donors (Lipinski definition) is 3. The van der Waals surface area contributed by atoms with E-state index < -0.39 is 28.0 Å². The third kappa shape index (κ3) is 6.07. The van der Waals surface area contributed by atoms with Crippen LogP contribution in [0.5, 0.6) is 5.75 Å². The first kappa shape index (κ1) is 27.3. The third-order valence-corrected chi connectivity index (χ3v) is 8.91. The summed E-state index contributed by atoms with van der Waals surface area (Å²) in [6, 6.07) is 6.04. The number of para-hydroxylation sites is 1. The molecule has 3 aliphatic heterocycles. The first-order chi connectivity index (χ1) is 17.6. The molecule has 3 heterocycles. The van der Waals surface area contributed by atoms with E-state index in [2.05, 4.69) is 16.0 Å². The van der Waals surface area contributed by atoms with Gasteiger partial charge in [0.2, 0.25) is 27.7 Å². The fourth-order valence-electron chi connectivity index (χ4n) is 5.40. The van der Waals surface area contributed by atoms with Crippen LogP contribution in [-0.4, -0.2) is 93.0 Å². The molecule has 2 saturated heterocycles. The number of nitrogens with zero attached hydrogens (tertiary/aromatic N) is 2. The zero-order chi connectivity index (χ0) is 26.7. The van der Waals surface area contributed by atoms with E-state index in [0.717, 1.165) is 17.6 Å². The molecule has 3 aliphatic rings. The van der Waals surface area contributed by atoms with Crippen LogP contribution in [0.15, 0.2) is 24.3 Å². The van der Waals surface area contributed by atoms with E-state index in [1.165, 1.54) is 4.31 Å². The number of sulfonamides is 1. The van der Waals surface area contributed by atoms with Gasteiger partial charge in [0.15, 0.2) is 0 Å². The molecule has 0 spiro atoms. The molecule has 3 amide bonds. The average Bonchev–Trinajstić information content (AvgIpc) is 3.29. The zero-order valence-electron chi connectivity index (χ0n) is 21.6. The molecule has 11 nitrogen and oxygen atoms in total. The molecule has 0 aromatic heterocycles. The minimum absolute atomic E-state index is 0.0133. The Morgan fingerprint density at radius 3 is 2.65 bits per heavy atom. The number of nitrogens with one attached hydrogen (secondary N) is 3. The van der Waals surface area contributed by atoms with Crippen molar-refractivity contribution in [1.82, 2.24) is 25.2 Å². The summed E-state index contributed by atoms with van der Waals surface area (Å²) in [5.74, 6) is -0.861. The monoisotopic (exact) mass is 535 g/mol. The summed E-state index contributed by atoms with van der Waals surface area (Å²) in [7, 11) is -1.88. The lowest BCUT2D eigenvalue weighted by molar-refractivity contribution is -0.145. The van der Waals surface area contributed by atoms with Crippen LogP contribution in [0.25, 0.3) is 0 Å². The summed E-state index contributed by atoms with van der Waals surface area (Å²) in [6.07, 6.45) is 3.34. The predicted octanol–water partition coefficient (Wildman–Crippen LogP) is -0.00840. The Morgan fingerprint density at radius 2 is 1.92 bits per heavy atom. The van der Waals surface area contributed by atoms with Gasteiger partial charge >= 0.3 is 0 Å². The van der Waals surface area contributed by atoms with E-state index in [1.54, 1.807) is 18.9 Å². The highest BCUT2D eigenvalue weighted by atomic mass is 32.2. The number of benzene rings is 1. The van der Waals surface area contributed by atoms with Crippen LogP contribution in [0.1, 0.15) is 44.2 Å². The summed E-state index contributed by atoms with van der Waals surface area (Å²) < 4.78 is 31.8. The molecule has 0 bridgehead atoms. The third-order valence-electron chi connectivity index (χ3n) is 7.64. The Bertz CT molecular complexity index is 1130. The number of hydrogen-bond acceptors (Lipinski definition) is 7. The summed E-state index contributed by atoms with van der Waals surface area (Å²) in [5.41, 5.74) is 0.915. The lowest BCUT2D eigenvalue weighted by Gasteiger charge is -2.38. The van der Waals surface area contributed by atoms with Gasteiger partial charge in [0.25, 0.3) is 0 Å². The molecular weight excluding hydrogens is 498 g/mol. The van der Waals surface area contributed by atoms with Crippen molar-refractivity contribution < 1.29 is 27.5 Å². The Hall–Kier alpha value is -2.70. The maximum absolute atomic E-state index is 13.8. The van der Waals surface area contributed by atoms with Crippen molar-refractivity contribution in [2.45, 2.75) is 56.8 Å². The van der Waals surface area contributed by atoms with Crippen LogP contribution >= 0.6 is 0 Å². The number of rotatable bonds is 7. The first-order valence-corrected chi connectivity index (χ1v) is 14.7. The summed E-state index contributed by atoms with van der Waals surface area (Å²) in [5, 5.41) is 8.75. The van der Waals surface area contributed by atoms with E-state index in [1.807, 2.05) is 24.3 Å². The van der Waals surface area contributed by atoms with Crippen molar-refractivity contribution in [2.24, 2.45) is 5.92 Å². The van der Waals surface area contributed by atoms with Crippen molar-refractivity contribution in [3.05, 3.63) is 29.8 Å². The summed E-state index contributed by atoms with van der Waals surface area (Å²) in [4.78, 5) is 41.4. The molecule has 1 aromatic carbocycles. The smallest absolute Gasteiger partial charge is 0.243 e. The molecule has 12 heteroatoms. The Balaban J connectivity index is 1.53. The summed E-state index contributed by atoms with van der Waals surface area (Å²) in [6.45, 7) is 2.39. The Kier molecular flexibility index (Phi) is 8.39. The molecular formula is C25H37N5O6S. The van der Waals surface area contributed by atoms with Crippen LogP contribution in [0.3, 0.4) is 0 Å². The van der Waals surface area contributed by atoms with E-state index in [9.17, 15) is 22.8 Å². The number of fused-ring (bicyclic) bond motifs is 2. The van der Waals surface area contributed by atoms with Crippen molar-refractivity contribution >= 4 is 27.7 Å². The van der Waals surface area contributed by atoms with Gasteiger partial charge in [-0.1, -0.05) is 18.2 Å². The Morgan fingerprint density at radius 1 is 1.16 bits per heavy atom. The highest BCUT2D eigenvalue weighted by Gasteiger charge is 2.45. The van der Waals surface area contributed by atoms with Crippen LogP contribution < -0.4 is 20.7 Å². The van der Waals surface area contributed by atoms with Gasteiger partial charge in [0.1, 0.15) is 11.8 Å². The fraction of sp³-hybridized carbons (Fsp3) is 0.640. The highest BCUT2D eigenvalue weighted by molar-refractivity contribution is 7.88. The second-order valence-electron chi connectivity index (χ2n) is 10.1. The summed E-state index contributed by atoms with van der Waals surface area (Å²) >= 11 is 0. The molecule has 1 aromatic rings. The van der Waals surface area contributed by atoms with Crippen LogP contribution in [0.4, 0.5) is 0 Å². The number of ether oxygens (including phenoxy) is 1. The zero-order valence-corrected chi connectivity index (χ0v) is 22.4. The molecule has 3 N–H and O–H groups in total. The van der Waals surface area contributed by atoms with E-state index in [4.69, 9.17) is 4.74 Å². The van der Waals surface area contributed by atoms with Gasteiger partial charge in [-0.25, -0.2) is 12.7 Å². The van der Waals surface area contributed by atoms with Gasteiger partial charge < -0.3 is 25.6 Å². The van der Waals surface area contributed by atoms with Crippen LogP contribution in [0, 0.1) is 5.92 Å². The number of likely N-dealkylation sites (N-methyl/N-ethyl adjacent to an activating group) is 1. The van der Waals surface area contributed by atoms with Gasteiger partial charge in [0, 0.05) is 37.7 Å². The average molecular weight is 536 g/mol. The molecule has 0 unspecified atom stereocenters. The van der Waals surface area contributed by atoms with Gasteiger partial charge in [-0.2, -0.15) is 0 Å². The maximum atomic E-state index is 13.8. The largest absolute Gasteiger partial charge is 0.493 e. The van der Waals surface area contributed by atoms with Gasteiger partial charge in [-0.05, 0) is 39.3 Å². The number of amides is 3. The maximum Gasteiger partial charge on any atom is 0.243 e. The lowest BCUT2D eigenvalue weighted by Crippen LogP contribution is -2.57. The van der Waals surface area contributed by atoms with E-state index >= 15 is 0 Å².